The lowest BCUT2D eigenvalue weighted by Crippen LogP contribution is -2.44. The van der Waals surface area contributed by atoms with Crippen LogP contribution < -0.4 is 10.6 Å². The van der Waals surface area contributed by atoms with Gasteiger partial charge in [0.1, 0.15) is 0 Å². The van der Waals surface area contributed by atoms with Crippen LogP contribution in [-0.2, 0) is 0 Å². The van der Waals surface area contributed by atoms with Gasteiger partial charge in [0.05, 0.1) is 0 Å². The summed E-state index contributed by atoms with van der Waals surface area (Å²) < 4.78 is 0. The van der Waals surface area contributed by atoms with Crippen molar-refractivity contribution in [2.45, 2.75) is 25.8 Å². The highest BCUT2D eigenvalue weighted by atomic mass is 15.0. The first-order valence-electron chi connectivity index (χ1n) is 5.88. The van der Waals surface area contributed by atoms with E-state index < -0.39 is 0 Å². The van der Waals surface area contributed by atoms with Crippen molar-refractivity contribution in [2.75, 3.05) is 18.4 Å². The number of para-hydroxylation sites is 1. The highest BCUT2D eigenvalue weighted by Gasteiger charge is 2.19. The second-order valence-electron chi connectivity index (χ2n) is 4.43. The molecule has 0 aliphatic carbocycles. The Balaban J connectivity index is 1.82. The lowest BCUT2D eigenvalue weighted by atomic mass is 9.93. The molecule has 0 saturated carbocycles. The summed E-state index contributed by atoms with van der Waals surface area (Å²) in [5.74, 6) is 0.787. The van der Waals surface area contributed by atoms with Crippen molar-refractivity contribution < 1.29 is 0 Å². The van der Waals surface area contributed by atoms with E-state index >= 15 is 0 Å². The smallest absolute Gasteiger partial charge is 0.0340 e. The van der Waals surface area contributed by atoms with Crippen LogP contribution in [0.25, 0.3) is 0 Å². The number of anilines is 1. The van der Waals surface area contributed by atoms with Crippen molar-refractivity contribution in [3.63, 3.8) is 0 Å². The van der Waals surface area contributed by atoms with Crippen molar-refractivity contribution in [2.24, 2.45) is 5.92 Å². The van der Waals surface area contributed by atoms with Gasteiger partial charge in [-0.1, -0.05) is 25.1 Å². The summed E-state index contributed by atoms with van der Waals surface area (Å²) in [4.78, 5) is 0. The van der Waals surface area contributed by atoms with Crippen molar-refractivity contribution >= 4 is 5.69 Å². The fourth-order valence-electron chi connectivity index (χ4n) is 2.17. The van der Waals surface area contributed by atoms with E-state index in [0.717, 1.165) is 12.5 Å². The predicted molar refractivity (Wildman–Crippen MR) is 65.1 cm³/mol. The second kappa shape index (κ2) is 5.17. The van der Waals surface area contributed by atoms with Gasteiger partial charge in [0.2, 0.25) is 0 Å². The average molecular weight is 204 g/mol. The molecule has 0 spiro atoms. The molecule has 1 aromatic carbocycles. The quantitative estimate of drug-likeness (QED) is 0.790. The number of nitrogens with one attached hydrogen (secondary N) is 2. The molecule has 2 N–H and O–H groups in total. The van der Waals surface area contributed by atoms with Gasteiger partial charge in [-0.2, -0.15) is 0 Å². The van der Waals surface area contributed by atoms with Gasteiger partial charge in [-0.25, -0.2) is 0 Å². The van der Waals surface area contributed by atoms with Crippen LogP contribution >= 0.6 is 0 Å². The van der Waals surface area contributed by atoms with E-state index in [1.807, 2.05) is 6.07 Å². The first-order chi connectivity index (χ1) is 7.36. The number of benzene rings is 1. The summed E-state index contributed by atoms with van der Waals surface area (Å²) in [6, 6.07) is 11.0. The summed E-state index contributed by atoms with van der Waals surface area (Å²) >= 11 is 0. The molecule has 1 aromatic rings. The number of piperidine rings is 1. The fourth-order valence-corrected chi connectivity index (χ4v) is 2.17. The van der Waals surface area contributed by atoms with Crippen molar-refractivity contribution in [1.82, 2.24) is 5.32 Å². The third-order valence-electron chi connectivity index (χ3n) is 3.23. The molecule has 2 unspecified atom stereocenters. The number of hydrogen-bond acceptors (Lipinski definition) is 2. The van der Waals surface area contributed by atoms with Gasteiger partial charge in [0, 0.05) is 18.3 Å². The van der Waals surface area contributed by atoms with Crippen LogP contribution in [0.15, 0.2) is 30.3 Å². The Bertz CT molecular complexity index is 284. The Morgan fingerprint density at radius 3 is 2.87 bits per heavy atom. The molecule has 1 aliphatic rings. The van der Waals surface area contributed by atoms with Crippen molar-refractivity contribution in [3.05, 3.63) is 30.3 Å². The Morgan fingerprint density at radius 1 is 1.33 bits per heavy atom. The molecule has 0 amide bonds. The summed E-state index contributed by atoms with van der Waals surface area (Å²) in [5, 5.41) is 7.06. The first kappa shape index (κ1) is 10.5. The van der Waals surface area contributed by atoms with E-state index in [0.29, 0.717) is 6.04 Å². The molecule has 0 bridgehead atoms. The minimum atomic E-state index is 0.624. The molecule has 1 aliphatic heterocycles. The molecule has 2 heteroatoms. The molecule has 2 rings (SSSR count). The zero-order valence-electron chi connectivity index (χ0n) is 9.37. The average Bonchev–Trinajstić information content (AvgIpc) is 2.29. The van der Waals surface area contributed by atoms with Gasteiger partial charge in [-0.3, -0.25) is 0 Å². The van der Waals surface area contributed by atoms with Crippen molar-refractivity contribution in [3.8, 4) is 0 Å². The minimum Gasteiger partial charge on any atom is -0.383 e. The maximum atomic E-state index is 3.58. The van der Waals surface area contributed by atoms with Gasteiger partial charge >= 0.3 is 0 Å². The molecule has 0 aromatic heterocycles. The molecule has 2 atom stereocenters. The highest BCUT2D eigenvalue weighted by molar-refractivity contribution is 5.42. The molecule has 82 valence electrons. The van der Waals surface area contributed by atoms with Crippen LogP contribution in [0.4, 0.5) is 5.69 Å². The van der Waals surface area contributed by atoms with Gasteiger partial charge in [-0.15, -0.1) is 0 Å². The molecule has 15 heavy (non-hydrogen) atoms. The topological polar surface area (TPSA) is 24.1 Å². The molecular formula is C13H20N2. The van der Waals surface area contributed by atoms with Crippen LogP contribution in [0.1, 0.15) is 19.8 Å². The van der Waals surface area contributed by atoms with E-state index in [4.69, 9.17) is 0 Å². The van der Waals surface area contributed by atoms with Gasteiger partial charge in [0.15, 0.2) is 0 Å². The van der Waals surface area contributed by atoms with Gasteiger partial charge in [0.25, 0.3) is 0 Å². The Morgan fingerprint density at radius 2 is 2.13 bits per heavy atom. The third-order valence-corrected chi connectivity index (χ3v) is 3.23. The normalized spacial score (nSPS) is 26.2. The summed E-state index contributed by atoms with van der Waals surface area (Å²) in [6.07, 6.45) is 2.68. The minimum absolute atomic E-state index is 0.624. The van der Waals surface area contributed by atoms with E-state index in [-0.39, 0.29) is 0 Å². The Labute approximate surface area is 92.1 Å². The monoisotopic (exact) mass is 204 g/mol. The molecule has 1 fully saturated rings. The summed E-state index contributed by atoms with van der Waals surface area (Å²) in [6.45, 7) is 4.54. The van der Waals surface area contributed by atoms with E-state index in [1.165, 1.54) is 25.1 Å². The zero-order valence-corrected chi connectivity index (χ0v) is 9.37. The first-order valence-corrected chi connectivity index (χ1v) is 5.88. The number of rotatable bonds is 3. The van der Waals surface area contributed by atoms with E-state index in [9.17, 15) is 0 Å². The van der Waals surface area contributed by atoms with Gasteiger partial charge < -0.3 is 10.6 Å². The highest BCUT2D eigenvalue weighted by Crippen LogP contribution is 2.16. The zero-order chi connectivity index (χ0) is 10.5. The van der Waals surface area contributed by atoms with Crippen molar-refractivity contribution in [1.29, 1.82) is 0 Å². The SMILES string of the molecule is CC1CCCNC1CNc1ccccc1. The lowest BCUT2D eigenvalue weighted by Gasteiger charge is -2.30. The molecule has 2 nitrogen and oxygen atoms in total. The third kappa shape index (κ3) is 2.96. The fraction of sp³-hybridized carbons (Fsp3) is 0.538. The van der Waals surface area contributed by atoms with Crippen LogP contribution in [0.3, 0.4) is 0 Å². The Kier molecular flexibility index (Phi) is 3.62. The van der Waals surface area contributed by atoms with Crippen LogP contribution in [0.5, 0.6) is 0 Å². The standard InChI is InChI=1S/C13H20N2/c1-11-6-5-9-14-13(11)10-15-12-7-3-2-4-8-12/h2-4,7-8,11,13-15H,5-6,9-10H2,1H3. The van der Waals surface area contributed by atoms with Crippen LogP contribution in [0.2, 0.25) is 0 Å². The largest absolute Gasteiger partial charge is 0.383 e. The molecular weight excluding hydrogens is 184 g/mol. The Hall–Kier alpha value is -1.02. The van der Waals surface area contributed by atoms with E-state index in [1.54, 1.807) is 0 Å². The van der Waals surface area contributed by atoms with Gasteiger partial charge in [-0.05, 0) is 37.4 Å². The van der Waals surface area contributed by atoms with E-state index in [2.05, 4.69) is 41.8 Å². The maximum absolute atomic E-state index is 3.58. The number of hydrogen-bond donors (Lipinski definition) is 2. The lowest BCUT2D eigenvalue weighted by molar-refractivity contribution is 0.311. The van der Waals surface area contributed by atoms with Crippen LogP contribution in [0, 0.1) is 5.92 Å². The summed E-state index contributed by atoms with van der Waals surface area (Å²) in [5.41, 5.74) is 1.22. The molecule has 1 heterocycles. The second-order valence-corrected chi connectivity index (χ2v) is 4.43. The predicted octanol–water partition coefficient (Wildman–Crippen LogP) is 2.49. The summed E-state index contributed by atoms with van der Waals surface area (Å²) in [7, 11) is 0. The van der Waals surface area contributed by atoms with Crippen LogP contribution in [-0.4, -0.2) is 19.1 Å². The maximum Gasteiger partial charge on any atom is 0.0340 e. The molecule has 0 radical (unpaired) electrons. The molecule has 1 saturated heterocycles.